The van der Waals surface area contributed by atoms with Gasteiger partial charge in [-0.05, 0) is 32.4 Å². The van der Waals surface area contributed by atoms with Crippen LogP contribution in [0, 0.1) is 5.92 Å². The van der Waals surface area contributed by atoms with Gasteiger partial charge in [-0.3, -0.25) is 0 Å². The van der Waals surface area contributed by atoms with Crippen molar-refractivity contribution < 1.29 is 9.13 Å². The predicted octanol–water partition coefficient (Wildman–Crippen LogP) is 3.75. The Bertz CT molecular complexity index is 370. The average molecular weight is 273 g/mol. The Balaban J connectivity index is 2.30. The van der Waals surface area contributed by atoms with Gasteiger partial charge in [0, 0.05) is 16.0 Å². The number of benzene rings is 1. The van der Waals surface area contributed by atoms with Gasteiger partial charge in [-0.1, -0.05) is 22.0 Å². The van der Waals surface area contributed by atoms with Gasteiger partial charge in [-0.2, -0.15) is 0 Å². The Morgan fingerprint density at radius 3 is 2.87 bits per heavy atom. The Hall–Kier alpha value is -0.570. The normalized spacial score (nSPS) is 20.7. The lowest BCUT2D eigenvalue weighted by molar-refractivity contribution is 0.0691. The van der Waals surface area contributed by atoms with Crippen LogP contribution < -0.4 is 4.74 Å². The van der Waals surface area contributed by atoms with Crippen molar-refractivity contribution in [1.82, 2.24) is 0 Å². The summed E-state index contributed by atoms with van der Waals surface area (Å²) in [6, 6.07) is 5.83. The molecule has 0 aliphatic carbocycles. The van der Waals surface area contributed by atoms with Crippen LogP contribution in [0.3, 0.4) is 0 Å². The van der Waals surface area contributed by atoms with Crippen molar-refractivity contribution in [3.63, 3.8) is 0 Å². The maximum absolute atomic E-state index is 13.8. The molecule has 0 fully saturated rings. The van der Waals surface area contributed by atoms with Crippen molar-refractivity contribution in [3.05, 3.63) is 28.2 Å². The fourth-order valence-electron chi connectivity index (χ4n) is 1.81. The molecule has 1 aliphatic heterocycles. The highest BCUT2D eigenvalue weighted by molar-refractivity contribution is 9.10. The number of rotatable bonds is 1. The van der Waals surface area contributed by atoms with E-state index in [1.807, 2.05) is 18.2 Å². The molecular weight excluding hydrogens is 259 g/mol. The van der Waals surface area contributed by atoms with Gasteiger partial charge in [-0.15, -0.1) is 0 Å². The minimum Gasteiger partial charge on any atom is -0.493 e. The molecular formula is C12H14BrFO. The van der Waals surface area contributed by atoms with Gasteiger partial charge < -0.3 is 4.74 Å². The first-order valence-electron chi connectivity index (χ1n) is 5.07. The molecule has 0 saturated carbocycles. The molecule has 1 atom stereocenters. The Morgan fingerprint density at radius 1 is 1.47 bits per heavy atom. The van der Waals surface area contributed by atoms with Crippen LogP contribution in [0.4, 0.5) is 4.39 Å². The van der Waals surface area contributed by atoms with E-state index >= 15 is 0 Å². The summed E-state index contributed by atoms with van der Waals surface area (Å²) in [5, 5.41) is 0. The zero-order chi connectivity index (χ0) is 11.1. The molecule has 15 heavy (non-hydrogen) atoms. The number of fused-ring (bicyclic) bond motifs is 1. The van der Waals surface area contributed by atoms with Crippen LogP contribution in [0.1, 0.15) is 19.4 Å². The molecule has 3 heteroatoms. The summed E-state index contributed by atoms with van der Waals surface area (Å²) in [5.74, 6) is 0.813. The molecule has 0 bridgehead atoms. The minimum atomic E-state index is -1.19. The summed E-state index contributed by atoms with van der Waals surface area (Å²) >= 11 is 3.47. The van der Waals surface area contributed by atoms with Crippen LogP contribution in [0.5, 0.6) is 5.75 Å². The van der Waals surface area contributed by atoms with Crippen molar-refractivity contribution in [3.8, 4) is 5.75 Å². The summed E-state index contributed by atoms with van der Waals surface area (Å²) in [6.07, 6.45) is 0.736. The molecule has 1 aromatic rings. The monoisotopic (exact) mass is 272 g/mol. The van der Waals surface area contributed by atoms with Crippen LogP contribution in [0.2, 0.25) is 0 Å². The summed E-state index contributed by atoms with van der Waals surface area (Å²) in [6.45, 7) is 3.69. The van der Waals surface area contributed by atoms with Crippen molar-refractivity contribution in [2.75, 3.05) is 6.61 Å². The molecule has 0 amide bonds. The highest BCUT2D eigenvalue weighted by atomic mass is 79.9. The van der Waals surface area contributed by atoms with E-state index < -0.39 is 5.67 Å². The summed E-state index contributed by atoms with van der Waals surface area (Å²) in [7, 11) is 0. The third-order valence-electron chi connectivity index (χ3n) is 2.94. The maximum Gasteiger partial charge on any atom is 0.123 e. The lowest BCUT2D eigenvalue weighted by Crippen LogP contribution is -2.35. The molecule has 0 saturated heterocycles. The van der Waals surface area contributed by atoms with E-state index in [-0.39, 0.29) is 5.92 Å². The molecule has 0 radical (unpaired) electrons. The number of ether oxygens (including phenoxy) is 1. The third kappa shape index (κ3) is 2.17. The number of halogens is 2. The Labute approximate surface area is 97.8 Å². The van der Waals surface area contributed by atoms with E-state index in [4.69, 9.17) is 4.74 Å². The molecule has 1 aliphatic rings. The molecule has 2 rings (SSSR count). The number of alkyl halides is 1. The van der Waals surface area contributed by atoms with Crippen molar-refractivity contribution in [2.24, 2.45) is 5.92 Å². The van der Waals surface area contributed by atoms with Crippen LogP contribution in [0.15, 0.2) is 22.7 Å². The molecule has 1 aromatic carbocycles. The zero-order valence-corrected chi connectivity index (χ0v) is 10.5. The molecule has 0 aromatic heterocycles. The smallest absolute Gasteiger partial charge is 0.123 e. The van der Waals surface area contributed by atoms with Crippen LogP contribution in [-0.4, -0.2) is 12.3 Å². The van der Waals surface area contributed by atoms with Gasteiger partial charge in [0.15, 0.2) is 0 Å². The SMILES string of the molecule is CC(C)(F)C1COc2cccc(Br)c2C1. The number of hydrogen-bond donors (Lipinski definition) is 0. The Kier molecular flexibility index (Phi) is 2.75. The van der Waals surface area contributed by atoms with Gasteiger partial charge in [0.25, 0.3) is 0 Å². The molecule has 0 spiro atoms. The van der Waals surface area contributed by atoms with Gasteiger partial charge in [0.2, 0.25) is 0 Å². The molecule has 82 valence electrons. The fraction of sp³-hybridized carbons (Fsp3) is 0.500. The van der Waals surface area contributed by atoms with Gasteiger partial charge in [0.1, 0.15) is 11.4 Å². The van der Waals surface area contributed by atoms with E-state index in [0.717, 1.165) is 22.2 Å². The second-order valence-electron chi connectivity index (χ2n) is 4.49. The maximum atomic E-state index is 13.8. The van der Waals surface area contributed by atoms with Crippen LogP contribution in [-0.2, 0) is 6.42 Å². The van der Waals surface area contributed by atoms with Gasteiger partial charge >= 0.3 is 0 Å². The first kappa shape index (κ1) is 10.9. The standard InChI is InChI=1S/C12H14BrFO/c1-12(2,14)8-6-9-10(13)4-3-5-11(9)15-7-8/h3-5,8H,6-7H2,1-2H3. The summed E-state index contributed by atoms with van der Waals surface area (Å²) in [4.78, 5) is 0. The zero-order valence-electron chi connectivity index (χ0n) is 8.89. The van der Waals surface area contributed by atoms with E-state index in [0.29, 0.717) is 6.61 Å². The van der Waals surface area contributed by atoms with Gasteiger partial charge in [0.05, 0.1) is 6.61 Å². The van der Waals surface area contributed by atoms with Gasteiger partial charge in [-0.25, -0.2) is 4.39 Å². The second kappa shape index (κ2) is 3.78. The quantitative estimate of drug-likeness (QED) is 0.757. The third-order valence-corrected chi connectivity index (χ3v) is 3.68. The van der Waals surface area contributed by atoms with E-state index in [1.54, 1.807) is 13.8 Å². The van der Waals surface area contributed by atoms with E-state index in [9.17, 15) is 4.39 Å². The first-order valence-corrected chi connectivity index (χ1v) is 5.87. The molecule has 1 unspecified atom stereocenters. The summed E-state index contributed by atoms with van der Waals surface area (Å²) < 4.78 is 20.4. The molecule has 0 N–H and O–H groups in total. The lowest BCUT2D eigenvalue weighted by atomic mass is 9.86. The highest BCUT2D eigenvalue weighted by Gasteiger charge is 2.34. The van der Waals surface area contributed by atoms with E-state index in [2.05, 4.69) is 15.9 Å². The topological polar surface area (TPSA) is 9.23 Å². The highest BCUT2D eigenvalue weighted by Crippen LogP contribution is 2.37. The molecule has 1 heterocycles. The average Bonchev–Trinajstić information content (AvgIpc) is 2.16. The Morgan fingerprint density at radius 2 is 2.20 bits per heavy atom. The molecule has 1 nitrogen and oxygen atoms in total. The largest absolute Gasteiger partial charge is 0.493 e. The lowest BCUT2D eigenvalue weighted by Gasteiger charge is -2.32. The van der Waals surface area contributed by atoms with Crippen molar-refractivity contribution in [1.29, 1.82) is 0 Å². The van der Waals surface area contributed by atoms with E-state index in [1.165, 1.54) is 0 Å². The second-order valence-corrected chi connectivity index (χ2v) is 5.35. The fourth-order valence-corrected chi connectivity index (χ4v) is 2.32. The van der Waals surface area contributed by atoms with Crippen LogP contribution >= 0.6 is 15.9 Å². The minimum absolute atomic E-state index is 0.0660. The number of hydrogen-bond acceptors (Lipinski definition) is 1. The van der Waals surface area contributed by atoms with Crippen molar-refractivity contribution in [2.45, 2.75) is 25.9 Å². The van der Waals surface area contributed by atoms with Crippen LogP contribution in [0.25, 0.3) is 0 Å². The predicted molar refractivity (Wildman–Crippen MR) is 62.0 cm³/mol. The summed E-state index contributed by atoms with van der Waals surface area (Å²) in [5.41, 5.74) is -0.105. The first-order chi connectivity index (χ1) is 6.98. The van der Waals surface area contributed by atoms with Crippen molar-refractivity contribution >= 4 is 15.9 Å².